The number of carbonyl (C=O) groups excluding carboxylic acids is 1. The number of hydrogen-bond donors (Lipinski definition) is 3. The quantitative estimate of drug-likeness (QED) is 0.680. The number of carboxylic acid groups (broad SMARTS) is 1. The van der Waals surface area contributed by atoms with Crippen molar-refractivity contribution in [1.29, 1.82) is 0 Å². The van der Waals surface area contributed by atoms with Gasteiger partial charge in [0, 0.05) is 17.8 Å². The Kier molecular flexibility index (Phi) is 4.49. The number of carboxylic acids is 1. The van der Waals surface area contributed by atoms with Crippen LogP contribution in [0.4, 0.5) is 0 Å². The molecule has 7 heteroatoms. The van der Waals surface area contributed by atoms with Crippen LogP contribution >= 0.6 is 11.3 Å². The van der Waals surface area contributed by atoms with E-state index in [2.05, 4.69) is 10.3 Å². The first-order chi connectivity index (χ1) is 9.10. The third-order valence-corrected chi connectivity index (χ3v) is 3.95. The summed E-state index contributed by atoms with van der Waals surface area (Å²) in [7, 11) is 0. The SMILES string of the molecule is NCCc1nc(C(=O)NC(CC(=O)O)C2CC2)cs1. The number of thiazole rings is 1. The van der Waals surface area contributed by atoms with E-state index in [1.807, 2.05) is 0 Å². The van der Waals surface area contributed by atoms with Crippen molar-refractivity contribution >= 4 is 23.2 Å². The summed E-state index contributed by atoms with van der Waals surface area (Å²) in [6.07, 6.45) is 2.58. The maximum Gasteiger partial charge on any atom is 0.305 e. The highest BCUT2D eigenvalue weighted by molar-refractivity contribution is 7.09. The Morgan fingerprint density at radius 2 is 2.32 bits per heavy atom. The molecule has 1 unspecified atom stereocenters. The van der Waals surface area contributed by atoms with Crippen LogP contribution < -0.4 is 11.1 Å². The van der Waals surface area contributed by atoms with Gasteiger partial charge in [0.1, 0.15) is 5.69 Å². The van der Waals surface area contributed by atoms with E-state index in [9.17, 15) is 9.59 Å². The van der Waals surface area contributed by atoms with Gasteiger partial charge in [-0.2, -0.15) is 0 Å². The Balaban J connectivity index is 1.95. The lowest BCUT2D eigenvalue weighted by Crippen LogP contribution is -2.38. The highest BCUT2D eigenvalue weighted by atomic mass is 32.1. The highest BCUT2D eigenvalue weighted by Gasteiger charge is 2.34. The molecule has 2 rings (SSSR count). The number of rotatable bonds is 7. The zero-order chi connectivity index (χ0) is 13.8. The second-order valence-corrected chi connectivity index (χ2v) is 5.62. The lowest BCUT2D eigenvalue weighted by atomic mass is 10.1. The van der Waals surface area contributed by atoms with Gasteiger partial charge in [-0.05, 0) is 25.3 Å². The van der Waals surface area contributed by atoms with Crippen LogP contribution in [-0.4, -0.2) is 34.6 Å². The van der Waals surface area contributed by atoms with Gasteiger partial charge < -0.3 is 16.2 Å². The molecule has 4 N–H and O–H groups in total. The summed E-state index contributed by atoms with van der Waals surface area (Å²) in [5.74, 6) is -0.890. The Morgan fingerprint density at radius 3 is 2.89 bits per heavy atom. The van der Waals surface area contributed by atoms with Crippen LogP contribution in [0.25, 0.3) is 0 Å². The highest BCUT2D eigenvalue weighted by Crippen LogP contribution is 2.34. The maximum absolute atomic E-state index is 12.0. The Bertz CT molecular complexity index is 471. The van der Waals surface area contributed by atoms with E-state index in [1.54, 1.807) is 5.38 Å². The number of carbonyl (C=O) groups is 2. The zero-order valence-corrected chi connectivity index (χ0v) is 11.3. The summed E-state index contributed by atoms with van der Waals surface area (Å²) in [5.41, 5.74) is 5.78. The number of hydrogen-bond acceptors (Lipinski definition) is 5. The summed E-state index contributed by atoms with van der Waals surface area (Å²) < 4.78 is 0. The molecule has 1 aliphatic rings. The van der Waals surface area contributed by atoms with Crippen LogP contribution in [0, 0.1) is 5.92 Å². The number of nitrogens with one attached hydrogen (secondary N) is 1. The number of nitrogens with zero attached hydrogens (tertiary/aromatic N) is 1. The molecule has 0 bridgehead atoms. The summed E-state index contributed by atoms with van der Waals surface area (Å²) >= 11 is 1.40. The number of aliphatic carboxylic acids is 1. The molecule has 19 heavy (non-hydrogen) atoms. The number of nitrogens with two attached hydrogens (primary N) is 1. The van der Waals surface area contributed by atoms with Crippen molar-refractivity contribution in [2.45, 2.75) is 31.7 Å². The zero-order valence-electron chi connectivity index (χ0n) is 10.5. The molecule has 1 heterocycles. The lowest BCUT2D eigenvalue weighted by Gasteiger charge is -2.15. The molecule has 104 valence electrons. The number of aromatic nitrogens is 1. The molecule has 1 aromatic heterocycles. The van der Waals surface area contributed by atoms with E-state index in [0.717, 1.165) is 17.8 Å². The summed E-state index contributed by atoms with van der Waals surface area (Å²) in [6, 6.07) is -0.287. The van der Waals surface area contributed by atoms with E-state index in [4.69, 9.17) is 10.8 Å². The smallest absolute Gasteiger partial charge is 0.305 e. The van der Waals surface area contributed by atoms with Crippen molar-refractivity contribution in [3.63, 3.8) is 0 Å². The van der Waals surface area contributed by atoms with Gasteiger partial charge in [-0.15, -0.1) is 11.3 Å². The average Bonchev–Trinajstić information content (AvgIpc) is 3.09. The third-order valence-electron chi connectivity index (χ3n) is 3.04. The molecule has 1 aromatic rings. The molecule has 1 saturated carbocycles. The first-order valence-corrected chi connectivity index (χ1v) is 7.15. The predicted octanol–water partition coefficient (Wildman–Crippen LogP) is 0.627. The first-order valence-electron chi connectivity index (χ1n) is 6.27. The molecule has 1 fully saturated rings. The Morgan fingerprint density at radius 1 is 1.58 bits per heavy atom. The first kappa shape index (κ1) is 14.0. The largest absolute Gasteiger partial charge is 0.481 e. The molecular weight excluding hydrogens is 266 g/mol. The van der Waals surface area contributed by atoms with Gasteiger partial charge in [0.25, 0.3) is 5.91 Å². The predicted molar refractivity (Wildman–Crippen MR) is 71.1 cm³/mol. The summed E-state index contributed by atoms with van der Waals surface area (Å²) in [4.78, 5) is 27.0. The molecule has 0 aliphatic heterocycles. The molecule has 0 radical (unpaired) electrons. The van der Waals surface area contributed by atoms with Gasteiger partial charge in [0.05, 0.1) is 11.4 Å². The lowest BCUT2D eigenvalue weighted by molar-refractivity contribution is -0.137. The van der Waals surface area contributed by atoms with Crippen LogP contribution in [0.2, 0.25) is 0 Å². The van der Waals surface area contributed by atoms with Crippen molar-refractivity contribution in [3.8, 4) is 0 Å². The molecule has 1 aliphatic carbocycles. The molecular formula is C12H17N3O3S. The third kappa shape index (κ3) is 4.00. The minimum Gasteiger partial charge on any atom is -0.481 e. The van der Waals surface area contributed by atoms with E-state index in [-0.39, 0.29) is 18.4 Å². The van der Waals surface area contributed by atoms with Gasteiger partial charge in [0.2, 0.25) is 0 Å². The molecule has 0 saturated heterocycles. The van der Waals surface area contributed by atoms with E-state index in [1.165, 1.54) is 11.3 Å². The van der Waals surface area contributed by atoms with Crippen molar-refractivity contribution in [1.82, 2.24) is 10.3 Å². The van der Waals surface area contributed by atoms with Crippen LogP contribution in [0.1, 0.15) is 34.8 Å². The van der Waals surface area contributed by atoms with Crippen LogP contribution in [0.5, 0.6) is 0 Å². The van der Waals surface area contributed by atoms with Crippen molar-refractivity contribution < 1.29 is 14.7 Å². The van der Waals surface area contributed by atoms with Gasteiger partial charge in [-0.3, -0.25) is 9.59 Å². The second kappa shape index (κ2) is 6.12. The standard InChI is InChI=1S/C12H17N3O3S/c13-4-3-10-14-9(6-19-10)12(18)15-8(5-11(16)17)7-1-2-7/h6-8H,1-5,13H2,(H,15,18)(H,16,17). The summed E-state index contributed by atoms with van der Waals surface area (Å²) in [5, 5.41) is 14.1. The molecule has 6 nitrogen and oxygen atoms in total. The van der Waals surface area contributed by atoms with Crippen molar-refractivity contribution in [2.24, 2.45) is 11.7 Å². The second-order valence-electron chi connectivity index (χ2n) is 4.68. The fourth-order valence-corrected chi connectivity index (χ4v) is 2.71. The fourth-order valence-electron chi connectivity index (χ4n) is 1.92. The molecule has 0 aromatic carbocycles. The Hall–Kier alpha value is -1.47. The molecule has 1 amide bonds. The van der Waals surface area contributed by atoms with Gasteiger partial charge >= 0.3 is 5.97 Å². The van der Waals surface area contributed by atoms with E-state index < -0.39 is 5.97 Å². The van der Waals surface area contributed by atoms with E-state index >= 15 is 0 Å². The minimum absolute atomic E-state index is 0.0315. The van der Waals surface area contributed by atoms with Crippen LogP contribution in [0.15, 0.2) is 5.38 Å². The van der Waals surface area contributed by atoms with Gasteiger partial charge in [0.15, 0.2) is 0 Å². The minimum atomic E-state index is -0.890. The van der Waals surface area contributed by atoms with Gasteiger partial charge in [-0.25, -0.2) is 4.98 Å². The van der Waals surface area contributed by atoms with Crippen molar-refractivity contribution in [3.05, 3.63) is 16.1 Å². The normalized spacial score (nSPS) is 16.1. The van der Waals surface area contributed by atoms with E-state index in [0.29, 0.717) is 24.6 Å². The monoisotopic (exact) mass is 283 g/mol. The van der Waals surface area contributed by atoms with Gasteiger partial charge in [-0.1, -0.05) is 0 Å². The van der Waals surface area contributed by atoms with Crippen LogP contribution in [0.3, 0.4) is 0 Å². The van der Waals surface area contributed by atoms with Crippen molar-refractivity contribution in [2.75, 3.05) is 6.54 Å². The maximum atomic E-state index is 12.0. The summed E-state index contributed by atoms with van der Waals surface area (Å²) in [6.45, 7) is 0.498. The average molecular weight is 283 g/mol. The fraction of sp³-hybridized carbons (Fsp3) is 0.583. The Labute approximate surface area is 115 Å². The number of amides is 1. The molecule has 1 atom stereocenters. The van der Waals surface area contributed by atoms with Crippen LogP contribution in [-0.2, 0) is 11.2 Å². The molecule has 0 spiro atoms. The topological polar surface area (TPSA) is 105 Å².